The lowest BCUT2D eigenvalue weighted by molar-refractivity contribution is 1.16. The number of hydrogen-bond acceptors (Lipinski definition) is 0. The molecular formula is C18H18. The minimum atomic E-state index is 1.04. The molecular weight excluding hydrogens is 216 g/mol. The Morgan fingerprint density at radius 1 is 0.833 bits per heavy atom. The molecule has 0 aliphatic heterocycles. The Morgan fingerprint density at radius 2 is 1.39 bits per heavy atom. The van der Waals surface area contributed by atoms with E-state index in [9.17, 15) is 0 Å². The van der Waals surface area contributed by atoms with Crippen LogP contribution in [0.1, 0.15) is 24.5 Å². The normalized spacial score (nSPS) is 11.9. The second-order valence-corrected chi connectivity index (χ2v) is 4.23. The Hall–Kier alpha value is -2.08. The predicted octanol–water partition coefficient (Wildman–Crippen LogP) is 5.19. The van der Waals surface area contributed by atoms with Crippen LogP contribution in [0.2, 0.25) is 0 Å². The fourth-order valence-corrected chi connectivity index (χ4v) is 1.80. The molecule has 2 rings (SSSR count). The van der Waals surface area contributed by atoms with Crippen LogP contribution in [0.25, 0.3) is 12.2 Å². The fraction of sp³-hybridized carbons (Fsp3) is 0.111. The van der Waals surface area contributed by atoms with Gasteiger partial charge in [0.1, 0.15) is 0 Å². The molecule has 18 heavy (non-hydrogen) atoms. The average molecular weight is 234 g/mol. The standard InChI is InChI=1S/C18H18/c1-2-16(15-18-11-7-4-8-12-18)13-14-17-9-5-3-6-10-17/h3-15H,2H2,1H3/b14-13+,16-15+. The number of benzene rings is 2. The zero-order valence-corrected chi connectivity index (χ0v) is 10.7. The van der Waals surface area contributed by atoms with E-state index in [0.717, 1.165) is 6.42 Å². The molecule has 0 aromatic heterocycles. The zero-order chi connectivity index (χ0) is 12.6. The Bertz CT molecular complexity index is 518. The highest BCUT2D eigenvalue weighted by Gasteiger charge is 1.91. The molecule has 0 saturated heterocycles. The monoisotopic (exact) mass is 234 g/mol. The molecule has 0 fully saturated rings. The molecule has 0 bridgehead atoms. The highest BCUT2D eigenvalue weighted by atomic mass is 14.0. The van der Waals surface area contributed by atoms with E-state index in [2.05, 4.69) is 73.7 Å². The van der Waals surface area contributed by atoms with Gasteiger partial charge in [-0.2, -0.15) is 0 Å². The van der Waals surface area contributed by atoms with E-state index in [1.54, 1.807) is 0 Å². The van der Waals surface area contributed by atoms with Gasteiger partial charge < -0.3 is 0 Å². The van der Waals surface area contributed by atoms with E-state index in [1.807, 2.05) is 12.1 Å². The third-order valence-corrected chi connectivity index (χ3v) is 2.85. The van der Waals surface area contributed by atoms with Gasteiger partial charge in [0, 0.05) is 0 Å². The summed E-state index contributed by atoms with van der Waals surface area (Å²) in [5.74, 6) is 0. The second kappa shape index (κ2) is 6.61. The maximum atomic E-state index is 2.24. The van der Waals surface area contributed by atoms with Crippen molar-refractivity contribution in [1.29, 1.82) is 0 Å². The van der Waals surface area contributed by atoms with E-state index in [4.69, 9.17) is 0 Å². The lowest BCUT2D eigenvalue weighted by atomic mass is 10.1. The molecule has 0 heteroatoms. The number of allylic oxidation sites excluding steroid dienone is 2. The van der Waals surface area contributed by atoms with Gasteiger partial charge in [0.2, 0.25) is 0 Å². The Balaban J connectivity index is 2.15. The summed E-state index contributed by atoms with van der Waals surface area (Å²) in [5, 5.41) is 0. The van der Waals surface area contributed by atoms with Gasteiger partial charge in [-0.1, -0.05) is 85.8 Å². The molecule has 90 valence electrons. The van der Waals surface area contributed by atoms with Crippen molar-refractivity contribution >= 4 is 12.2 Å². The van der Waals surface area contributed by atoms with E-state index >= 15 is 0 Å². The van der Waals surface area contributed by atoms with Crippen LogP contribution in [0, 0.1) is 0 Å². The molecule has 0 N–H and O–H groups in total. The predicted molar refractivity (Wildman–Crippen MR) is 80.2 cm³/mol. The highest BCUT2D eigenvalue weighted by Crippen LogP contribution is 2.12. The Labute approximate surface area is 109 Å². The summed E-state index contributed by atoms with van der Waals surface area (Å²) in [4.78, 5) is 0. The molecule has 0 aliphatic rings. The van der Waals surface area contributed by atoms with Crippen molar-refractivity contribution in [3.63, 3.8) is 0 Å². The van der Waals surface area contributed by atoms with Crippen LogP contribution in [-0.4, -0.2) is 0 Å². The molecule has 0 heterocycles. The van der Waals surface area contributed by atoms with Gasteiger partial charge in [-0.15, -0.1) is 0 Å². The van der Waals surface area contributed by atoms with Crippen molar-refractivity contribution in [2.45, 2.75) is 13.3 Å². The van der Waals surface area contributed by atoms with E-state index in [1.165, 1.54) is 16.7 Å². The molecule has 0 nitrogen and oxygen atoms in total. The Morgan fingerprint density at radius 3 is 1.94 bits per heavy atom. The number of hydrogen-bond donors (Lipinski definition) is 0. The molecule has 0 atom stereocenters. The summed E-state index contributed by atoms with van der Waals surface area (Å²) in [6, 6.07) is 20.8. The smallest absolute Gasteiger partial charge is 0.0254 e. The molecule has 2 aromatic rings. The zero-order valence-electron chi connectivity index (χ0n) is 10.7. The molecule has 2 aromatic carbocycles. The van der Waals surface area contributed by atoms with Crippen LogP contribution >= 0.6 is 0 Å². The molecule has 0 spiro atoms. The van der Waals surface area contributed by atoms with Crippen molar-refractivity contribution in [3.05, 3.63) is 83.4 Å². The summed E-state index contributed by atoms with van der Waals surface area (Å²) in [6.45, 7) is 2.18. The first-order valence-corrected chi connectivity index (χ1v) is 6.37. The highest BCUT2D eigenvalue weighted by molar-refractivity contribution is 5.61. The second-order valence-electron chi connectivity index (χ2n) is 4.23. The topological polar surface area (TPSA) is 0 Å². The van der Waals surface area contributed by atoms with Gasteiger partial charge >= 0.3 is 0 Å². The van der Waals surface area contributed by atoms with Crippen LogP contribution in [0.3, 0.4) is 0 Å². The first kappa shape index (κ1) is 12.4. The van der Waals surface area contributed by atoms with Crippen molar-refractivity contribution < 1.29 is 0 Å². The van der Waals surface area contributed by atoms with Crippen molar-refractivity contribution in [2.24, 2.45) is 0 Å². The van der Waals surface area contributed by atoms with Crippen molar-refractivity contribution in [2.75, 3.05) is 0 Å². The van der Waals surface area contributed by atoms with E-state index in [0.29, 0.717) is 0 Å². The summed E-state index contributed by atoms with van der Waals surface area (Å²) in [7, 11) is 0. The summed E-state index contributed by atoms with van der Waals surface area (Å²) in [6.07, 6.45) is 7.64. The minimum absolute atomic E-state index is 1.04. The Kier molecular flexibility index (Phi) is 4.54. The summed E-state index contributed by atoms with van der Waals surface area (Å²) < 4.78 is 0. The molecule has 0 radical (unpaired) electrons. The summed E-state index contributed by atoms with van der Waals surface area (Å²) >= 11 is 0. The van der Waals surface area contributed by atoms with E-state index < -0.39 is 0 Å². The molecule has 0 unspecified atom stereocenters. The van der Waals surface area contributed by atoms with Gasteiger partial charge in [0.15, 0.2) is 0 Å². The van der Waals surface area contributed by atoms with Crippen LogP contribution in [-0.2, 0) is 0 Å². The maximum Gasteiger partial charge on any atom is -0.0254 e. The summed E-state index contributed by atoms with van der Waals surface area (Å²) in [5.41, 5.74) is 3.84. The SMILES string of the molecule is CCC(/C=C/c1ccccc1)=C\c1ccccc1. The third-order valence-electron chi connectivity index (χ3n) is 2.85. The quantitative estimate of drug-likeness (QED) is 0.638. The third kappa shape index (κ3) is 3.74. The first-order chi connectivity index (χ1) is 8.88. The lowest BCUT2D eigenvalue weighted by Gasteiger charge is -1.99. The lowest BCUT2D eigenvalue weighted by Crippen LogP contribution is -1.77. The van der Waals surface area contributed by atoms with Gasteiger partial charge in [-0.05, 0) is 23.1 Å². The van der Waals surface area contributed by atoms with Crippen molar-refractivity contribution in [3.8, 4) is 0 Å². The number of rotatable bonds is 4. The maximum absolute atomic E-state index is 2.24. The van der Waals surface area contributed by atoms with Gasteiger partial charge in [-0.25, -0.2) is 0 Å². The van der Waals surface area contributed by atoms with Crippen LogP contribution in [0.4, 0.5) is 0 Å². The fourth-order valence-electron chi connectivity index (χ4n) is 1.80. The van der Waals surface area contributed by atoms with Crippen LogP contribution in [0.5, 0.6) is 0 Å². The van der Waals surface area contributed by atoms with E-state index in [-0.39, 0.29) is 0 Å². The molecule has 0 saturated carbocycles. The average Bonchev–Trinajstić information content (AvgIpc) is 2.45. The largest absolute Gasteiger partial charge is 0.0622 e. The first-order valence-electron chi connectivity index (χ1n) is 6.37. The molecule has 0 amide bonds. The van der Waals surface area contributed by atoms with Gasteiger partial charge in [0.25, 0.3) is 0 Å². The van der Waals surface area contributed by atoms with Crippen LogP contribution < -0.4 is 0 Å². The van der Waals surface area contributed by atoms with Gasteiger partial charge in [0.05, 0.1) is 0 Å². The van der Waals surface area contributed by atoms with Crippen LogP contribution in [0.15, 0.2) is 72.3 Å². The van der Waals surface area contributed by atoms with Crippen molar-refractivity contribution in [1.82, 2.24) is 0 Å². The molecule has 0 aliphatic carbocycles. The van der Waals surface area contributed by atoms with Gasteiger partial charge in [-0.3, -0.25) is 0 Å². The minimum Gasteiger partial charge on any atom is -0.0622 e.